The van der Waals surface area contributed by atoms with Crippen molar-refractivity contribution in [2.45, 2.75) is 11.5 Å². The average Bonchev–Trinajstić information content (AvgIpc) is 2.55. The van der Waals surface area contributed by atoms with E-state index in [1.54, 1.807) is 0 Å². The van der Waals surface area contributed by atoms with Crippen LogP contribution in [0.2, 0.25) is 0 Å². The molecule has 0 aliphatic rings. The van der Waals surface area contributed by atoms with Gasteiger partial charge < -0.3 is 4.74 Å². The van der Waals surface area contributed by atoms with Crippen LogP contribution in [0.25, 0.3) is 11.1 Å². The lowest BCUT2D eigenvalue weighted by Gasteiger charge is -2.07. The van der Waals surface area contributed by atoms with E-state index in [0.29, 0.717) is 6.61 Å². The number of thiol groups is 1. The van der Waals surface area contributed by atoms with Gasteiger partial charge >= 0.3 is 0 Å². The fourth-order valence-electron chi connectivity index (χ4n) is 2.14. The summed E-state index contributed by atoms with van der Waals surface area (Å²) in [5.74, 6) is 0.883. The van der Waals surface area contributed by atoms with E-state index in [1.807, 2.05) is 42.5 Å². The second kappa shape index (κ2) is 6.51. The van der Waals surface area contributed by atoms with Crippen molar-refractivity contribution >= 4 is 12.6 Å². The van der Waals surface area contributed by atoms with Crippen LogP contribution in [0.3, 0.4) is 0 Å². The van der Waals surface area contributed by atoms with Gasteiger partial charge in [0.05, 0.1) is 0 Å². The monoisotopic (exact) mass is 292 g/mol. The zero-order valence-electron chi connectivity index (χ0n) is 11.6. The van der Waals surface area contributed by atoms with Crippen molar-refractivity contribution in [1.29, 1.82) is 0 Å². The molecule has 3 aromatic carbocycles. The van der Waals surface area contributed by atoms with Gasteiger partial charge in [0.25, 0.3) is 0 Å². The van der Waals surface area contributed by atoms with Gasteiger partial charge in [-0.3, -0.25) is 0 Å². The SMILES string of the molecule is Sc1ccc(-c2ccc(OCc3ccccc3)cc2)cc1. The minimum Gasteiger partial charge on any atom is -0.489 e. The highest BCUT2D eigenvalue weighted by molar-refractivity contribution is 7.80. The number of rotatable bonds is 4. The Morgan fingerprint density at radius 1 is 0.667 bits per heavy atom. The van der Waals surface area contributed by atoms with Crippen LogP contribution in [0.1, 0.15) is 5.56 Å². The molecule has 3 rings (SSSR count). The summed E-state index contributed by atoms with van der Waals surface area (Å²) in [4.78, 5) is 0.974. The van der Waals surface area contributed by atoms with E-state index in [2.05, 4.69) is 49.0 Å². The Morgan fingerprint density at radius 2 is 1.24 bits per heavy atom. The van der Waals surface area contributed by atoms with Gasteiger partial charge in [0.1, 0.15) is 12.4 Å². The van der Waals surface area contributed by atoms with Crippen molar-refractivity contribution in [3.8, 4) is 16.9 Å². The minimum atomic E-state index is 0.592. The van der Waals surface area contributed by atoms with E-state index in [9.17, 15) is 0 Å². The van der Waals surface area contributed by atoms with Crippen LogP contribution in [-0.2, 0) is 6.61 Å². The predicted octanol–water partition coefficient (Wildman–Crippen LogP) is 5.22. The third-order valence-electron chi connectivity index (χ3n) is 3.30. The van der Waals surface area contributed by atoms with Crippen LogP contribution in [-0.4, -0.2) is 0 Å². The van der Waals surface area contributed by atoms with Crippen molar-refractivity contribution in [3.63, 3.8) is 0 Å². The van der Waals surface area contributed by atoms with Crippen molar-refractivity contribution < 1.29 is 4.74 Å². The van der Waals surface area contributed by atoms with Gasteiger partial charge in [-0.15, -0.1) is 12.6 Å². The largest absolute Gasteiger partial charge is 0.489 e. The Kier molecular flexibility index (Phi) is 4.27. The first kappa shape index (κ1) is 13.8. The van der Waals surface area contributed by atoms with Crippen LogP contribution in [0.15, 0.2) is 83.8 Å². The number of benzene rings is 3. The highest BCUT2D eigenvalue weighted by Gasteiger charge is 1.99. The maximum absolute atomic E-state index is 5.79. The Morgan fingerprint density at radius 3 is 1.86 bits per heavy atom. The molecule has 0 saturated carbocycles. The van der Waals surface area contributed by atoms with Crippen LogP contribution in [0.5, 0.6) is 5.75 Å². The molecule has 2 heteroatoms. The quantitative estimate of drug-likeness (QED) is 0.648. The molecule has 0 aromatic heterocycles. The molecule has 0 aliphatic heterocycles. The summed E-state index contributed by atoms with van der Waals surface area (Å²) >= 11 is 4.30. The highest BCUT2D eigenvalue weighted by atomic mass is 32.1. The minimum absolute atomic E-state index is 0.592. The van der Waals surface area contributed by atoms with Gasteiger partial charge in [-0.05, 0) is 41.0 Å². The molecule has 0 N–H and O–H groups in total. The molecule has 0 atom stereocenters. The molecule has 0 amide bonds. The third-order valence-corrected chi connectivity index (χ3v) is 3.60. The maximum atomic E-state index is 5.79. The van der Waals surface area contributed by atoms with Gasteiger partial charge in [-0.25, -0.2) is 0 Å². The molecule has 0 aliphatic carbocycles. The van der Waals surface area contributed by atoms with Gasteiger partial charge in [0.2, 0.25) is 0 Å². The molecule has 0 heterocycles. The van der Waals surface area contributed by atoms with E-state index < -0.39 is 0 Å². The summed E-state index contributed by atoms with van der Waals surface area (Å²) in [7, 11) is 0. The molecule has 0 unspecified atom stereocenters. The normalized spacial score (nSPS) is 10.3. The summed E-state index contributed by atoms with van der Waals surface area (Å²) in [6, 6.07) is 26.5. The molecule has 0 spiro atoms. The molecule has 0 bridgehead atoms. The Labute approximate surface area is 130 Å². The smallest absolute Gasteiger partial charge is 0.119 e. The first-order valence-corrected chi connectivity index (χ1v) is 7.32. The molecule has 0 saturated heterocycles. The van der Waals surface area contributed by atoms with Crippen LogP contribution >= 0.6 is 12.6 Å². The third kappa shape index (κ3) is 3.67. The first-order valence-electron chi connectivity index (χ1n) is 6.87. The summed E-state index contributed by atoms with van der Waals surface area (Å²) in [5.41, 5.74) is 3.53. The Bertz CT molecular complexity index is 688. The molecule has 21 heavy (non-hydrogen) atoms. The number of hydrogen-bond acceptors (Lipinski definition) is 2. The van der Waals surface area contributed by atoms with E-state index in [-0.39, 0.29) is 0 Å². The lowest BCUT2D eigenvalue weighted by atomic mass is 10.1. The van der Waals surface area contributed by atoms with Gasteiger partial charge in [-0.2, -0.15) is 0 Å². The highest BCUT2D eigenvalue weighted by Crippen LogP contribution is 2.23. The molecular formula is C19H16OS. The molecule has 3 aromatic rings. The Hall–Kier alpha value is -2.19. The molecule has 0 fully saturated rings. The van der Waals surface area contributed by atoms with Gasteiger partial charge in [-0.1, -0.05) is 54.6 Å². The first-order chi connectivity index (χ1) is 10.3. The Balaban J connectivity index is 1.68. The average molecular weight is 292 g/mol. The van der Waals surface area contributed by atoms with Gasteiger partial charge in [0, 0.05) is 4.90 Å². The second-order valence-corrected chi connectivity index (χ2v) is 5.36. The van der Waals surface area contributed by atoms with E-state index >= 15 is 0 Å². The van der Waals surface area contributed by atoms with Crippen molar-refractivity contribution in [3.05, 3.63) is 84.4 Å². The van der Waals surface area contributed by atoms with E-state index in [4.69, 9.17) is 4.74 Å². The van der Waals surface area contributed by atoms with E-state index in [1.165, 1.54) is 16.7 Å². The molecule has 104 valence electrons. The molecule has 0 radical (unpaired) electrons. The summed E-state index contributed by atoms with van der Waals surface area (Å²) in [6.07, 6.45) is 0. The number of ether oxygens (including phenoxy) is 1. The van der Waals surface area contributed by atoms with Gasteiger partial charge in [0.15, 0.2) is 0 Å². The second-order valence-electron chi connectivity index (χ2n) is 4.85. The maximum Gasteiger partial charge on any atom is 0.119 e. The zero-order valence-corrected chi connectivity index (χ0v) is 12.5. The van der Waals surface area contributed by atoms with Crippen molar-refractivity contribution in [2.75, 3.05) is 0 Å². The molecular weight excluding hydrogens is 276 g/mol. The topological polar surface area (TPSA) is 9.23 Å². The fourth-order valence-corrected chi connectivity index (χ4v) is 2.29. The predicted molar refractivity (Wildman–Crippen MR) is 89.9 cm³/mol. The standard InChI is InChI=1S/C19H16OS/c21-19-12-8-17(9-13-19)16-6-10-18(11-7-16)20-14-15-4-2-1-3-5-15/h1-13,21H,14H2. The number of hydrogen-bond donors (Lipinski definition) is 1. The summed E-state index contributed by atoms with van der Waals surface area (Å²) in [6.45, 7) is 0.592. The fraction of sp³-hybridized carbons (Fsp3) is 0.0526. The van der Waals surface area contributed by atoms with Crippen LogP contribution in [0.4, 0.5) is 0 Å². The van der Waals surface area contributed by atoms with Crippen LogP contribution < -0.4 is 4.74 Å². The zero-order chi connectivity index (χ0) is 14.5. The van der Waals surface area contributed by atoms with Crippen LogP contribution in [0, 0.1) is 0 Å². The lowest BCUT2D eigenvalue weighted by Crippen LogP contribution is -1.94. The molecule has 1 nitrogen and oxygen atoms in total. The lowest BCUT2D eigenvalue weighted by molar-refractivity contribution is 0.306. The van der Waals surface area contributed by atoms with E-state index in [0.717, 1.165) is 10.6 Å². The van der Waals surface area contributed by atoms with Crippen molar-refractivity contribution in [1.82, 2.24) is 0 Å². The summed E-state index contributed by atoms with van der Waals surface area (Å²) < 4.78 is 5.79. The van der Waals surface area contributed by atoms with Crippen molar-refractivity contribution in [2.24, 2.45) is 0 Å². The summed E-state index contributed by atoms with van der Waals surface area (Å²) in [5, 5.41) is 0.